The lowest BCUT2D eigenvalue weighted by Crippen LogP contribution is -2.17. The van der Waals surface area contributed by atoms with Crippen LogP contribution in [0.2, 0.25) is 0 Å². The number of carbonyl (C=O) groups is 2. The van der Waals surface area contributed by atoms with Crippen molar-refractivity contribution in [2.24, 2.45) is 7.05 Å². The van der Waals surface area contributed by atoms with Gasteiger partial charge in [-0.15, -0.1) is 21.5 Å². The van der Waals surface area contributed by atoms with Gasteiger partial charge >= 0.3 is 5.97 Å². The highest BCUT2D eigenvalue weighted by Gasteiger charge is 2.27. The Morgan fingerprint density at radius 3 is 2.76 bits per heavy atom. The second-order valence-electron chi connectivity index (χ2n) is 5.83. The number of carbonyl (C=O) groups excluding carboxylic acids is 2. The largest absolute Gasteiger partial charge is 0.465 e. The lowest BCUT2D eigenvalue weighted by molar-refractivity contribution is -0.113. The highest BCUT2D eigenvalue weighted by atomic mass is 32.2. The van der Waals surface area contributed by atoms with Gasteiger partial charge < -0.3 is 14.6 Å². The topological polar surface area (TPSA) is 86.1 Å². The normalized spacial score (nSPS) is 13.4. The predicted molar refractivity (Wildman–Crippen MR) is 97.4 cm³/mol. The predicted octanol–water partition coefficient (Wildman–Crippen LogP) is 2.58. The van der Waals surface area contributed by atoms with E-state index in [9.17, 15) is 9.59 Å². The van der Waals surface area contributed by atoms with E-state index in [1.165, 1.54) is 35.1 Å². The molecule has 1 aliphatic carbocycles. The van der Waals surface area contributed by atoms with E-state index in [2.05, 4.69) is 15.5 Å². The number of thioether (sulfide) groups is 1. The van der Waals surface area contributed by atoms with E-state index in [1.54, 1.807) is 0 Å². The van der Waals surface area contributed by atoms with E-state index in [0.717, 1.165) is 37.1 Å². The molecule has 2 aromatic heterocycles. The molecule has 1 amide bonds. The van der Waals surface area contributed by atoms with Gasteiger partial charge in [0.25, 0.3) is 0 Å². The summed E-state index contributed by atoms with van der Waals surface area (Å²) in [6.45, 7) is 1.86. The molecular formula is C16H20N4O3S2. The molecule has 0 aromatic carbocycles. The molecule has 0 fully saturated rings. The van der Waals surface area contributed by atoms with Crippen molar-refractivity contribution < 1.29 is 14.3 Å². The lowest BCUT2D eigenvalue weighted by atomic mass is 9.95. The van der Waals surface area contributed by atoms with E-state index in [4.69, 9.17) is 4.74 Å². The minimum absolute atomic E-state index is 0.172. The zero-order chi connectivity index (χ0) is 18.0. The molecule has 2 aromatic rings. The molecule has 134 valence electrons. The fourth-order valence-electron chi connectivity index (χ4n) is 2.78. The molecule has 9 heteroatoms. The number of aromatic nitrogens is 3. The number of fused-ring (bicyclic) bond motifs is 1. The van der Waals surface area contributed by atoms with Crippen LogP contribution in [0, 0.1) is 6.92 Å². The second-order valence-corrected chi connectivity index (χ2v) is 7.88. The Morgan fingerprint density at radius 2 is 2.08 bits per heavy atom. The molecule has 1 N–H and O–H groups in total. The van der Waals surface area contributed by atoms with Crippen molar-refractivity contribution in [3.63, 3.8) is 0 Å². The molecule has 7 nitrogen and oxygen atoms in total. The van der Waals surface area contributed by atoms with Crippen LogP contribution in [-0.2, 0) is 29.4 Å². The van der Waals surface area contributed by atoms with Crippen molar-refractivity contribution in [3.8, 4) is 0 Å². The molecule has 3 rings (SSSR count). The molecule has 0 aliphatic heterocycles. The van der Waals surface area contributed by atoms with Gasteiger partial charge in [0, 0.05) is 11.9 Å². The number of amides is 1. The Labute approximate surface area is 154 Å². The average Bonchev–Trinajstić information content (AvgIpc) is 3.13. The number of methoxy groups -OCH3 is 1. The average molecular weight is 380 g/mol. The summed E-state index contributed by atoms with van der Waals surface area (Å²) in [6, 6.07) is 0. The number of nitrogens with one attached hydrogen (secondary N) is 1. The van der Waals surface area contributed by atoms with E-state index in [-0.39, 0.29) is 17.6 Å². The van der Waals surface area contributed by atoms with Crippen LogP contribution in [0.15, 0.2) is 5.16 Å². The zero-order valence-corrected chi connectivity index (χ0v) is 16.1. The van der Waals surface area contributed by atoms with Crippen LogP contribution < -0.4 is 5.32 Å². The molecule has 2 heterocycles. The zero-order valence-electron chi connectivity index (χ0n) is 14.4. The highest BCUT2D eigenvalue weighted by Crippen LogP contribution is 2.38. The van der Waals surface area contributed by atoms with Crippen molar-refractivity contribution in [3.05, 3.63) is 21.8 Å². The van der Waals surface area contributed by atoms with Gasteiger partial charge in [-0.3, -0.25) is 4.79 Å². The third kappa shape index (κ3) is 3.72. The first-order valence-electron chi connectivity index (χ1n) is 8.02. The molecule has 1 aliphatic rings. The maximum atomic E-state index is 12.3. The molecule has 0 radical (unpaired) electrons. The van der Waals surface area contributed by atoms with Crippen LogP contribution in [0.5, 0.6) is 0 Å². The quantitative estimate of drug-likeness (QED) is 0.634. The van der Waals surface area contributed by atoms with Gasteiger partial charge in [0.15, 0.2) is 5.16 Å². The SMILES string of the molecule is COC(=O)c1c(NC(=O)CSc2nnc(C)n2C)sc2c1CCCC2. The van der Waals surface area contributed by atoms with Crippen LogP contribution in [-0.4, -0.2) is 39.5 Å². The maximum absolute atomic E-state index is 12.3. The van der Waals surface area contributed by atoms with Crippen molar-refractivity contribution in [2.45, 2.75) is 37.8 Å². The van der Waals surface area contributed by atoms with Gasteiger partial charge in [0.1, 0.15) is 10.8 Å². The first-order chi connectivity index (χ1) is 12.0. The fourth-order valence-corrected chi connectivity index (χ4v) is 4.83. The number of rotatable bonds is 5. The number of aryl methyl sites for hydroxylation is 2. The molecule has 0 atom stereocenters. The molecule has 0 saturated heterocycles. The van der Waals surface area contributed by atoms with Gasteiger partial charge in [-0.2, -0.15) is 0 Å². The fraction of sp³-hybridized carbons (Fsp3) is 0.500. The van der Waals surface area contributed by atoms with Crippen LogP contribution in [0.3, 0.4) is 0 Å². The van der Waals surface area contributed by atoms with Crippen LogP contribution >= 0.6 is 23.1 Å². The lowest BCUT2D eigenvalue weighted by Gasteiger charge is -2.11. The number of anilines is 1. The van der Waals surface area contributed by atoms with Crippen molar-refractivity contribution >= 4 is 40.0 Å². The van der Waals surface area contributed by atoms with Crippen molar-refractivity contribution in [1.82, 2.24) is 14.8 Å². The number of nitrogens with zero attached hydrogens (tertiary/aromatic N) is 3. The first kappa shape index (κ1) is 17.9. The number of esters is 1. The Kier molecular flexibility index (Phi) is 5.43. The van der Waals surface area contributed by atoms with E-state index >= 15 is 0 Å². The van der Waals surface area contributed by atoms with Crippen LogP contribution in [0.25, 0.3) is 0 Å². The summed E-state index contributed by atoms with van der Waals surface area (Å²) in [5.41, 5.74) is 1.56. The highest BCUT2D eigenvalue weighted by molar-refractivity contribution is 7.99. The summed E-state index contributed by atoms with van der Waals surface area (Å²) in [5, 5.41) is 12.2. The molecule has 0 unspecified atom stereocenters. The van der Waals surface area contributed by atoms with Gasteiger partial charge in [0.05, 0.1) is 18.4 Å². The smallest absolute Gasteiger partial charge is 0.341 e. The monoisotopic (exact) mass is 380 g/mol. The Morgan fingerprint density at radius 1 is 1.32 bits per heavy atom. The molecule has 25 heavy (non-hydrogen) atoms. The van der Waals surface area contributed by atoms with Crippen molar-refractivity contribution in [1.29, 1.82) is 0 Å². The number of thiophene rings is 1. The third-order valence-electron chi connectivity index (χ3n) is 4.20. The van der Waals surface area contributed by atoms with Gasteiger partial charge in [-0.05, 0) is 38.2 Å². The van der Waals surface area contributed by atoms with Gasteiger partial charge in [0.2, 0.25) is 5.91 Å². The summed E-state index contributed by atoms with van der Waals surface area (Å²) in [7, 11) is 3.23. The maximum Gasteiger partial charge on any atom is 0.341 e. The Hall–Kier alpha value is -1.87. The minimum atomic E-state index is -0.383. The molecular weight excluding hydrogens is 360 g/mol. The second kappa shape index (κ2) is 7.57. The van der Waals surface area contributed by atoms with E-state index < -0.39 is 0 Å². The van der Waals surface area contributed by atoms with E-state index in [0.29, 0.717) is 15.7 Å². The number of hydrogen-bond donors (Lipinski definition) is 1. The van der Waals surface area contributed by atoms with Gasteiger partial charge in [-0.1, -0.05) is 11.8 Å². The first-order valence-corrected chi connectivity index (χ1v) is 9.83. The minimum Gasteiger partial charge on any atom is -0.465 e. The molecule has 0 saturated carbocycles. The summed E-state index contributed by atoms with van der Waals surface area (Å²) < 4.78 is 6.76. The summed E-state index contributed by atoms with van der Waals surface area (Å²) >= 11 is 2.80. The third-order valence-corrected chi connectivity index (χ3v) is 6.43. The van der Waals surface area contributed by atoms with Gasteiger partial charge in [-0.25, -0.2) is 4.79 Å². The number of ether oxygens (including phenoxy) is 1. The molecule has 0 bridgehead atoms. The van der Waals surface area contributed by atoms with Crippen molar-refractivity contribution in [2.75, 3.05) is 18.2 Å². The molecule has 0 spiro atoms. The standard InChI is InChI=1S/C16H20N4O3S2/c1-9-18-19-16(20(9)2)24-8-12(21)17-14-13(15(22)23-3)10-6-4-5-7-11(10)25-14/h4-8H2,1-3H3,(H,17,21). The van der Waals surface area contributed by atoms with Crippen LogP contribution in [0.4, 0.5) is 5.00 Å². The Bertz CT molecular complexity index is 813. The van der Waals surface area contributed by atoms with E-state index in [1.807, 2.05) is 18.5 Å². The Balaban J connectivity index is 1.73. The summed E-state index contributed by atoms with van der Waals surface area (Å²) in [5.74, 6) is 0.442. The van der Waals surface area contributed by atoms with Crippen LogP contribution in [0.1, 0.15) is 39.5 Å². The summed E-state index contributed by atoms with van der Waals surface area (Å²) in [6.07, 6.45) is 3.98. The summed E-state index contributed by atoms with van der Waals surface area (Å²) in [4.78, 5) is 25.7. The number of hydrogen-bond acceptors (Lipinski definition) is 7.